The van der Waals surface area contributed by atoms with Gasteiger partial charge in [-0.1, -0.05) is 23.8 Å². The zero-order valence-corrected chi connectivity index (χ0v) is 13.9. The van der Waals surface area contributed by atoms with Gasteiger partial charge in [0.05, 0.1) is 0 Å². The maximum atomic E-state index is 6.16. The Morgan fingerprint density at radius 1 is 1.33 bits per heavy atom. The summed E-state index contributed by atoms with van der Waals surface area (Å²) in [5, 5.41) is 2.22. The van der Waals surface area contributed by atoms with E-state index in [2.05, 4.69) is 55.3 Å². The fourth-order valence-corrected chi connectivity index (χ4v) is 4.56. The fraction of sp³-hybridized carbons (Fsp3) is 0.444. The first-order chi connectivity index (χ1) is 10.1. The molecule has 0 saturated heterocycles. The third-order valence-electron chi connectivity index (χ3n) is 4.73. The lowest BCUT2D eigenvalue weighted by molar-refractivity contribution is 0.138. The van der Waals surface area contributed by atoms with E-state index in [0.29, 0.717) is 18.6 Å². The van der Waals surface area contributed by atoms with Crippen molar-refractivity contribution in [3.63, 3.8) is 0 Å². The van der Waals surface area contributed by atoms with Gasteiger partial charge in [-0.2, -0.15) is 0 Å². The second kappa shape index (κ2) is 5.91. The molecule has 2 heterocycles. The van der Waals surface area contributed by atoms with Crippen LogP contribution in [0.25, 0.3) is 0 Å². The van der Waals surface area contributed by atoms with Crippen LogP contribution in [-0.4, -0.2) is 18.0 Å². The van der Waals surface area contributed by atoms with Crippen molar-refractivity contribution < 1.29 is 0 Å². The number of benzene rings is 1. The molecule has 2 N–H and O–H groups in total. The molecule has 0 radical (unpaired) electrons. The van der Waals surface area contributed by atoms with E-state index in [4.69, 9.17) is 5.73 Å². The van der Waals surface area contributed by atoms with Gasteiger partial charge in [-0.05, 0) is 55.3 Å². The highest BCUT2D eigenvalue weighted by atomic mass is 32.1. The van der Waals surface area contributed by atoms with Gasteiger partial charge in [0, 0.05) is 30.1 Å². The molecule has 21 heavy (non-hydrogen) atoms. The van der Waals surface area contributed by atoms with Crippen LogP contribution in [0.3, 0.4) is 0 Å². The third kappa shape index (κ3) is 2.66. The molecule has 2 nitrogen and oxygen atoms in total. The molecule has 2 aromatic rings. The largest absolute Gasteiger partial charge is 0.329 e. The van der Waals surface area contributed by atoms with E-state index in [1.165, 1.54) is 22.3 Å². The Morgan fingerprint density at radius 2 is 2.14 bits per heavy atom. The minimum Gasteiger partial charge on any atom is -0.329 e. The van der Waals surface area contributed by atoms with E-state index in [1.807, 2.05) is 11.3 Å². The van der Waals surface area contributed by atoms with Crippen LogP contribution in [0.4, 0.5) is 0 Å². The first kappa shape index (κ1) is 14.8. The molecule has 1 aliphatic rings. The molecule has 2 atom stereocenters. The Morgan fingerprint density at radius 3 is 2.86 bits per heavy atom. The highest BCUT2D eigenvalue weighted by Crippen LogP contribution is 2.38. The van der Waals surface area contributed by atoms with Crippen molar-refractivity contribution in [2.75, 3.05) is 13.1 Å². The Labute approximate surface area is 131 Å². The van der Waals surface area contributed by atoms with Gasteiger partial charge in [-0.15, -0.1) is 11.3 Å². The lowest BCUT2D eigenvalue weighted by Gasteiger charge is -2.40. The summed E-state index contributed by atoms with van der Waals surface area (Å²) in [6, 6.07) is 9.78. The van der Waals surface area contributed by atoms with E-state index in [-0.39, 0.29) is 0 Å². The smallest absolute Gasteiger partial charge is 0.0479 e. The molecule has 1 aromatic carbocycles. The number of thiophene rings is 1. The van der Waals surface area contributed by atoms with E-state index in [9.17, 15) is 0 Å². The predicted octanol–water partition coefficient (Wildman–Crippen LogP) is 3.98. The van der Waals surface area contributed by atoms with Gasteiger partial charge in [-0.25, -0.2) is 0 Å². The molecule has 3 heteroatoms. The minimum atomic E-state index is 0.314. The predicted molar refractivity (Wildman–Crippen MR) is 90.9 cm³/mol. The average molecular weight is 300 g/mol. The Balaban J connectivity index is 1.94. The zero-order valence-electron chi connectivity index (χ0n) is 13.1. The van der Waals surface area contributed by atoms with Crippen LogP contribution < -0.4 is 5.73 Å². The lowest BCUT2D eigenvalue weighted by Crippen LogP contribution is -2.40. The number of fused-ring (bicyclic) bond motifs is 1. The Bertz CT molecular complexity index is 632. The summed E-state index contributed by atoms with van der Waals surface area (Å²) in [5.74, 6) is 0. The van der Waals surface area contributed by atoms with Crippen LogP contribution in [0.15, 0.2) is 29.6 Å². The first-order valence-corrected chi connectivity index (χ1v) is 8.59. The molecule has 2 unspecified atom stereocenters. The molecular weight excluding hydrogens is 276 g/mol. The van der Waals surface area contributed by atoms with Gasteiger partial charge >= 0.3 is 0 Å². The van der Waals surface area contributed by atoms with Crippen LogP contribution >= 0.6 is 11.3 Å². The Hall–Kier alpha value is -1.16. The molecule has 0 aliphatic carbocycles. The number of nitrogens with zero attached hydrogens (tertiary/aromatic N) is 1. The summed E-state index contributed by atoms with van der Waals surface area (Å²) in [7, 11) is 0. The van der Waals surface area contributed by atoms with Crippen molar-refractivity contribution in [1.29, 1.82) is 0 Å². The fourth-order valence-electron chi connectivity index (χ4n) is 3.60. The maximum absolute atomic E-state index is 6.16. The zero-order chi connectivity index (χ0) is 15.0. The van der Waals surface area contributed by atoms with Gasteiger partial charge in [-0.3, -0.25) is 4.90 Å². The maximum Gasteiger partial charge on any atom is 0.0479 e. The van der Waals surface area contributed by atoms with Crippen LogP contribution in [0, 0.1) is 13.8 Å². The van der Waals surface area contributed by atoms with E-state index in [0.717, 1.165) is 13.0 Å². The molecule has 0 fully saturated rings. The highest BCUT2D eigenvalue weighted by Gasteiger charge is 2.30. The molecule has 1 aliphatic heterocycles. The van der Waals surface area contributed by atoms with E-state index < -0.39 is 0 Å². The van der Waals surface area contributed by atoms with Crippen LogP contribution in [0.2, 0.25) is 0 Å². The molecule has 112 valence electrons. The standard InChI is InChI=1S/C18H24N2S/c1-12-4-5-15(13(2)10-12)17(11-19)20-8-6-18-16(14(20)3)7-9-21-18/h4-5,7,9-10,14,17H,6,8,11,19H2,1-3H3. The van der Waals surface area contributed by atoms with Crippen molar-refractivity contribution in [2.24, 2.45) is 5.73 Å². The van der Waals surface area contributed by atoms with Gasteiger partial charge in [0.1, 0.15) is 0 Å². The number of hydrogen-bond acceptors (Lipinski definition) is 3. The van der Waals surface area contributed by atoms with Crippen molar-refractivity contribution in [1.82, 2.24) is 4.90 Å². The number of hydrogen-bond donors (Lipinski definition) is 1. The van der Waals surface area contributed by atoms with Crippen molar-refractivity contribution in [2.45, 2.75) is 39.3 Å². The van der Waals surface area contributed by atoms with Crippen molar-refractivity contribution >= 4 is 11.3 Å². The second-order valence-electron chi connectivity index (χ2n) is 6.07. The molecular formula is C18H24N2S. The topological polar surface area (TPSA) is 29.3 Å². The minimum absolute atomic E-state index is 0.314. The molecule has 0 amide bonds. The summed E-state index contributed by atoms with van der Waals surface area (Å²) in [6.07, 6.45) is 1.15. The average Bonchev–Trinajstić information content (AvgIpc) is 2.93. The second-order valence-corrected chi connectivity index (χ2v) is 7.08. The number of nitrogens with two attached hydrogens (primary N) is 1. The third-order valence-corrected chi connectivity index (χ3v) is 5.73. The molecule has 3 rings (SSSR count). The number of aryl methyl sites for hydroxylation is 2. The summed E-state index contributed by atoms with van der Waals surface area (Å²) in [5.41, 5.74) is 11.7. The van der Waals surface area contributed by atoms with Gasteiger partial charge < -0.3 is 5.73 Å². The van der Waals surface area contributed by atoms with Gasteiger partial charge in [0.25, 0.3) is 0 Å². The van der Waals surface area contributed by atoms with Gasteiger partial charge in [0.15, 0.2) is 0 Å². The molecule has 0 bridgehead atoms. The van der Waals surface area contributed by atoms with E-state index >= 15 is 0 Å². The molecule has 0 spiro atoms. The van der Waals surface area contributed by atoms with Crippen LogP contribution in [0.1, 0.15) is 46.1 Å². The van der Waals surface area contributed by atoms with Gasteiger partial charge in [0.2, 0.25) is 0 Å². The van der Waals surface area contributed by atoms with Crippen molar-refractivity contribution in [3.05, 3.63) is 56.8 Å². The Kier molecular flexibility index (Phi) is 4.16. The van der Waals surface area contributed by atoms with Crippen molar-refractivity contribution in [3.8, 4) is 0 Å². The highest BCUT2D eigenvalue weighted by molar-refractivity contribution is 7.10. The summed E-state index contributed by atoms with van der Waals surface area (Å²) in [6.45, 7) is 8.44. The molecule has 1 aromatic heterocycles. The van der Waals surface area contributed by atoms with Crippen LogP contribution in [0.5, 0.6) is 0 Å². The van der Waals surface area contributed by atoms with Crippen LogP contribution in [-0.2, 0) is 6.42 Å². The number of rotatable bonds is 3. The lowest BCUT2D eigenvalue weighted by atomic mass is 9.93. The normalized spacial score (nSPS) is 20.3. The first-order valence-electron chi connectivity index (χ1n) is 7.71. The van der Waals surface area contributed by atoms with E-state index in [1.54, 1.807) is 4.88 Å². The summed E-state index contributed by atoms with van der Waals surface area (Å²) in [4.78, 5) is 4.13. The SMILES string of the molecule is Cc1ccc(C(CN)N2CCc3sccc3C2C)c(C)c1. The quantitative estimate of drug-likeness (QED) is 0.929. The molecule has 0 saturated carbocycles. The monoisotopic (exact) mass is 300 g/mol. The summed E-state index contributed by atoms with van der Waals surface area (Å²) < 4.78 is 0. The summed E-state index contributed by atoms with van der Waals surface area (Å²) >= 11 is 1.89.